The van der Waals surface area contributed by atoms with E-state index >= 15 is 0 Å². The first-order valence-corrected chi connectivity index (χ1v) is 10.2. The molecule has 0 aliphatic rings. The van der Waals surface area contributed by atoms with Gasteiger partial charge >= 0.3 is 0 Å². The molecule has 26 heavy (non-hydrogen) atoms. The van der Waals surface area contributed by atoms with Crippen LogP contribution in [0.15, 0.2) is 0 Å². The number of unbranched alkanes of at least 4 members (excludes halogenated alkanes) is 9. The summed E-state index contributed by atoms with van der Waals surface area (Å²) in [4.78, 5) is 26.7. The molecule has 0 aromatic carbocycles. The first kappa shape index (κ1) is 24.9. The Hall–Kier alpha value is -1.14. The number of amides is 2. The molecule has 0 aliphatic heterocycles. The molecule has 2 N–H and O–H groups in total. The summed E-state index contributed by atoms with van der Waals surface area (Å²) in [5, 5.41) is 5.91. The fourth-order valence-electron chi connectivity index (χ4n) is 2.81. The molecule has 6 heteroatoms. The van der Waals surface area contributed by atoms with Crippen molar-refractivity contribution in [3.05, 3.63) is 0 Å². The lowest BCUT2D eigenvalue weighted by Gasteiger charge is -2.10. The minimum atomic E-state index is 0.118. The Morgan fingerprint density at radius 3 is 1.08 bits per heavy atom. The minimum Gasteiger partial charge on any atom is -0.355 e. The Balaban J connectivity index is 3.18. The van der Waals surface area contributed by atoms with E-state index in [0.29, 0.717) is 13.1 Å². The van der Waals surface area contributed by atoms with Gasteiger partial charge in [-0.05, 0) is 41.0 Å². The van der Waals surface area contributed by atoms with Crippen LogP contribution in [0.25, 0.3) is 0 Å². The average molecular weight is 371 g/mol. The molecule has 6 nitrogen and oxygen atoms in total. The first-order chi connectivity index (χ1) is 12.4. The lowest BCUT2D eigenvalue weighted by Crippen LogP contribution is -2.33. The highest BCUT2D eigenvalue weighted by atomic mass is 16.2. The normalized spacial score (nSPS) is 11.2. The minimum absolute atomic E-state index is 0.118. The van der Waals surface area contributed by atoms with Crippen molar-refractivity contribution in [2.75, 3.05) is 54.4 Å². The molecular weight excluding hydrogens is 328 g/mol. The molecule has 0 aromatic rings. The highest BCUT2D eigenvalue weighted by Gasteiger charge is 2.02. The van der Waals surface area contributed by atoms with E-state index in [4.69, 9.17) is 0 Å². The maximum Gasteiger partial charge on any atom is 0.234 e. The van der Waals surface area contributed by atoms with Crippen molar-refractivity contribution in [2.45, 2.75) is 64.2 Å². The van der Waals surface area contributed by atoms with E-state index in [-0.39, 0.29) is 11.8 Å². The van der Waals surface area contributed by atoms with Crippen molar-refractivity contribution in [3.8, 4) is 0 Å². The summed E-state index contributed by atoms with van der Waals surface area (Å²) in [6.45, 7) is 2.56. The fourth-order valence-corrected chi connectivity index (χ4v) is 2.81. The molecule has 0 saturated carbocycles. The second-order valence-corrected chi connectivity index (χ2v) is 7.71. The van der Waals surface area contributed by atoms with Crippen molar-refractivity contribution in [3.63, 3.8) is 0 Å². The molecule has 0 spiro atoms. The number of nitrogens with zero attached hydrogens (tertiary/aromatic N) is 2. The van der Waals surface area contributed by atoms with E-state index in [1.807, 2.05) is 38.0 Å². The summed E-state index contributed by atoms with van der Waals surface area (Å²) in [7, 11) is 7.63. The van der Waals surface area contributed by atoms with Crippen molar-refractivity contribution >= 4 is 11.8 Å². The van der Waals surface area contributed by atoms with E-state index in [1.54, 1.807) is 0 Å². The number of hydrogen-bond acceptors (Lipinski definition) is 4. The Bertz CT molecular complexity index is 326. The summed E-state index contributed by atoms with van der Waals surface area (Å²) >= 11 is 0. The Morgan fingerprint density at radius 1 is 0.538 bits per heavy atom. The molecule has 0 rings (SSSR count). The number of hydrogen-bond donors (Lipinski definition) is 2. The average Bonchev–Trinajstić information content (AvgIpc) is 2.53. The van der Waals surface area contributed by atoms with E-state index < -0.39 is 0 Å². The Kier molecular flexibility index (Phi) is 16.5. The van der Waals surface area contributed by atoms with Crippen LogP contribution in [0.1, 0.15) is 64.2 Å². The zero-order chi connectivity index (χ0) is 19.6. The van der Waals surface area contributed by atoms with Crippen LogP contribution in [0, 0.1) is 0 Å². The second-order valence-electron chi connectivity index (χ2n) is 7.71. The van der Waals surface area contributed by atoms with Gasteiger partial charge in [0.1, 0.15) is 0 Å². The van der Waals surface area contributed by atoms with E-state index in [0.717, 1.165) is 25.9 Å². The van der Waals surface area contributed by atoms with Crippen LogP contribution in [-0.4, -0.2) is 76.0 Å². The van der Waals surface area contributed by atoms with Gasteiger partial charge in [0.05, 0.1) is 13.1 Å². The lowest BCUT2D eigenvalue weighted by molar-refractivity contribution is -0.122. The van der Waals surface area contributed by atoms with Gasteiger partial charge in [-0.25, -0.2) is 0 Å². The number of likely N-dealkylation sites (N-methyl/N-ethyl adjacent to an activating group) is 2. The summed E-state index contributed by atoms with van der Waals surface area (Å²) in [6.07, 6.45) is 12.3. The summed E-state index contributed by atoms with van der Waals surface area (Å²) < 4.78 is 0. The van der Waals surface area contributed by atoms with Gasteiger partial charge in [-0.3, -0.25) is 9.59 Å². The van der Waals surface area contributed by atoms with Crippen molar-refractivity contribution in [1.29, 1.82) is 0 Å². The van der Waals surface area contributed by atoms with Crippen LogP contribution in [0.4, 0.5) is 0 Å². The molecule has 2 amide bonds. The van der Waals surface area contributed by atoms with E-state index in [1.165, 1.54) is 51.4 Å². The van der Waals surface area contributed by atoms with E-state index in [2.05, 4.69) is 10.6 Å². The third kappa shape index (κ3) is 19.2. The van der Waals surface area contributed by atoms with Crippen LogP contribution >= 0.6 is 0 Å². The molecule has 0 aromatic heterocycles. The van der Waals surface area contributed by atoms with Crippen LogP contribution < -0.4 is 10.6 Å². The molecule has 0 unspecified atom stereocenters. The van der Waals surface area contributed by atoms with Gasteiger partial charge in [0.2, 0.25) is 11.8 Å². The summed E-state index contributed by atoms with van der Waals surface area (Å²) in [5.41, 5.74) is 0. The largest absolute Gasteiger partial charge is 0.355 e. The highest BCUT2D eigenvalue weighted by Crippen LogP contribution is 2.10. The number of rotatable bonds is 17. The van der Waals surface area contributed by atoms with Gasteiger partial charge in [-0.15, -0.1) is 0 Å². The summed E-state index contributed by atoms with van der Waals surface area (Å²) in [5.74, 6) is 0.236. The molecule has 0 radical (unpaired) electrons. The van der Waals surface area contributed by atoms with E-state index in [9.17, 15) is 9.59 Å². The van der Waals surface area contributed by atoms with Gasteiger partial charge in [-0.2, -0.15) is 0 Å². The molecule has 0 heterocycles. The molecule has 0 fully saturated rings. The predicted molar refractivity (Wildman–Crippen MR) is 109 cm³/mol. The number of nitrogens with one attached hydrogen (secondary N) is 2. The van der Waals surface area contributed by atoms with Crippen molar-refractivity contribution < 1.29 is 9.59 Å². The van der Waals surface area contributed by atoms with Crippen molar-refractivity contribution in [1.82, 2.24) is 20.4 Å². The third-order valence-corrected chi connectivity index (χ3v) is 4.17. The highest BCUT2D eigenvalue weighted by molar-refractivity contribution is 5.78. The fraction of sp³-hybridized carbons (Fsp3) is 0.900. The van der Waals surface area contributed by atoms with Crippen LogP contribution in [0.2, 0.25) is 0 Å². The Labute approximate surface area is 161 Å². The topological polar surface area (TPSA) is 64.7 Å². The van der Waals surface area contributed by atoms with Crippen LogP contribution in [0.3, 0.4) is 0 Å². The number of carbonyl (C=O) groups excluding carboxylic acids is 2. The molecule has 0 bridgehead atoms. The van der Waals surface area contributed by atoms with Crippen LogP contribution in [-0.2, 0) is 9.59 Å². The predicted octanol–water partition coefficient (Wildman–Crippen LogP) is 2.24. The first-order valence-electron chi connectivity index (χ1n) is 10.2. The Morgan fingerprint density at radius 2 is 0.808 bits per heavy atom. The monoisotopic (exact) mass is 370 g/mol. The smallest absolute Gasteiger partial charge is 0.234 e. The van der Waals surface area contributed by atoms with Gasteiger partial charge in [0.15, 0.2) is 0 Å². The standard InChI is InChI=1S/C20H42N4O2/c1-23(2)17-19(25)21-15-13-11-9-7-5-6-8-10-12-14-16-22-20(26)18-24(3)4/h5-18H2,1-4H3,(H,21,25)(H,22,26). The maximum atomic E-state index is 11.5. The molecule has 0 atom stereocenters. The second kappa shape index (κ2) is 17.3. The van der Waals surface area contributed by atoms with Gasteiger partial charge in [-0.1, -0.05) is 51.4 Å². The SMILES string of the molecule is CN(C)CC(=O)NCCCCCCCCCCCCNC(=O)CN(C)C. The van der Waals surface area contributed by atoms with Gasteiger partial charge < -0.3 is 20.4 Å². The lowest BCUT2D eigenvalue weighted by atomic mass is 10.1. The summed E-state index contributed by atoms with van der Waals surface area (Å²) in [6, 6.07) is 0. The third-order valence-electron chi connectivity index (χ3n) is 4.17. The van der Waals surface area contributed by atoms with Crippen LogP contribution in [0.5, 0.6) is 0 Å². The molecule has 0 aliphatic carbocycles. The molecule has 154 valence electrons. The van der Waals surface area contributed by atoms with Crippen molar-refractivity contribution in [2.24, 2.45) is 0 Å². The zero-order valence-corrected chi connectivity index (χ0v) is 17.6. The number of carbonyl (C=O) groups is 2. The quantitative estimate of drug-likeness (QED) is 0.386. The molecule has 0 saturated heterocycles. The van der Waals surface area contributed by atoms with Gasteiger partial charge in [0, 0.05) is 13.1 Å². The maximum absolute atomic E-state index is 11.5. The molecular formula is C20H42N4O2. The zero-order valence-electron chi connectivity index (χ0n) is 17.6. The van der Waals surface area contributed by atoms with Gasteiger partial charge in [0.25, 0.3) is 0 Å².